The second-order valence-corrected chi connectivity index (χ2v) is 5.01. The van der Waals surface area contributed by atoms with Crippen LogP contribution in [0.4, 0.5) is 4.79 Å². The van der Waals surface area contributed by atoms with E-state index < -0.39 is 11.5 Å². The molecule has 0 aliphatic heterocycles. The quantitative estimate of drug-likeness (QED) is 0.475. The number of carbonyl (C=O) groups excluding carboxylic acids is 2. The van der Waals surface area contributed by atoms with E-state index in [1.165, 1.54) is 0 Å². The first-order chi connectivity index (χ1) is 8.93. The minimum absolute atomic E-state index is 0.0396. The van der Waals surface area contributed by atoms with Gasteiger partial charge in [0.25, 0.3) is 0 Å². The molecule has 1 aliphatic carbocycles. The van der Waals surface area contributed by atoms with Crippen LogP contribution in [0.25, 0.3) is 0 Å². The van der Waals surface area contributed by atoms with E-state index in [4.69, 9.17) is 10.8 Å². The Balaban J connectivity index is 2.19. The third-order valence-electron chi connectivity index (χ3n) is 3.31. The number of hydrogen-bond donors (Lipinski definition) is 4. The molecule has 1 fully saturated rings. The van der Waals surface area contributed by atoms with Gasteiger partial charge in [-0.25, -0.2) is 4.79 Å². The average Bonchev–Trinajstić information content (AvgIpc) is 2.24. The molecule has 5 N–H and O–H groups in total. The Morgan fingerprint density at radius 1 is 1.21 bits per heavy atom. The number of carboxylic acids is 1. The summed E-state index contributed by atoms with van der Waals surface area (Å²) in [6.07, 6.45) is 3.92. The zero-order chi connectivity index (χ0) is 14.3. The van der Waals surface area contributed by atoms with Crippen molar-refractivity contribution in [3.05, 3.63) is 0 Å². The van der Waals surface area contributed by atoms with Gasteiger partial charge in [-0.2, -0.15) is 0 Å². The highest BCUT2D eigenvalue weighted by molar-refractivity contribution is 5.77. The summed E-state index contributed by atoms with van der Waals surface area (Å²) in [6, 6.07) is -0.347. The van der Waals surface area contributed by atoms with E-state index in [2.05, 4.69) is 10.6 Å². The number of hydrogen-bond acceptors (Lipinski definition) is 3. The van der Waals surface area contributed by atoms with Gasteiger partial charge in [0.15, 0.2) is 0 Å². The molecule has 19 heavy (non-hydrogen) atoms. The minimum atomic E-state index is -0.901. The van der Waals surface area contributed by atoms with Crippen LogP contribution in [0.1, 0.15) is 44.9 Å². The third kappa shape index (κ3) is 5.58. The first-order valence-electron chi connectivity index (χ1n) is 6.50. The summed E-state index contributed by atoms with van der Waals surface area (Å²) in [7, 11) is 0. The molecule has 0 saturated heterocycles. The summed E-state index contributed by atoms with van der Waals surface area (Å²) in [6.45, 7) is 0.447. The lowest BCUT2D eigenvalue weighted by molar-refractivity contribution is -0.139. The van der Waals surface area contributed by atoms with E-state index >= 15 is 0 Å². The fourth-order valence-corrected chi connectivity index (χ4v) is 2.15. The Labute approximate surface area is 111 Å². The van der Waals surface area contributed by atoms with Gasteiger partial charge < -0.3 is 21.5 Å². The molecule has 0 aromatic rings. The lowest BCUT2D eigenvalue weighted by atomic mass is 9.74. The molecule has 0 spiro atoms. The summed E-state index contributed by atoms with van der Waals surface area (Å²) >= 11 is 0. The predicted octanol–water partition coefficient (Wildman–Crippen LogP) is 0.339. The Morgan fingerprint density at radius 3 is 2.37 bits per heavy atom. The molecule has 0 bridgehead atoms. The molecule has 0 unspecified atom stereocenters. The maximum atomic E-state index is 11.6. The van der Waals surface area contributed by atoms with Gasteiger partial charge in [-0.05, 0) is 32.1 Å². The van der Waals surface area contributed by atoms with Crippen LogP contribution >= 0.6 is 0 Å². The zero-order valence-electron chi connectivity index (χ0n) is 10.9. The van der Waals surface area contributed by atoms with Gasteiger partial charge in [-0.3, -0.25) is 9.59 Å². The highest BCUT2D eigenvalue weighted by atomic mass is 16.4. The van der Waals surface area contributed by atoms with Crippen molar-refractivity contribution in [2.45, 2.75) is 50.5 Å². The molecule has 0 atom stereocenters. The van der Waals surface area contributed by atoms with Gasteiger partial charge in [0, 0.05) is 13.0 Å². The molecule has 0 aromatic carbocycles. The predicted molar refractivity (Wildman–Crippen MR) is 68.4 cm³/mol. The van der Waals surface area contributed by atoms with Crippen molar-refractivity contribution >= 4 is 17.9 Å². The lowest BCUT2D eigenvalue weighted by Crippen LogP contribution is -2.57. The van der Waals surface area contributed by atoms with Crippen LogP contribution in [-0.2, 0) is 9.59 Å². The van der Waals surface area contributed by atoms with Gasteiger partial charge in [0.1, 0.15) is 0 Å². The van der Waals surface area contributed by atoms with E-state index in [0.717, 1.165) is 6.42 Å². The molecular weight excluding hydrogens is 250 g/mol. The maximum absolute atomic E-state index is 11.6. The number of unbranched alkanes of at least 4 members (excludes halogenated alkanes) is 1. The van der Waals surface area contributed by atoms with Crippen molar-refractivity contribution in [1.82, 2.24) is 10.6 Å². The van der Waals surface area contributed by atoms with Crippen molar-refractivity contribution in [2.75, 3.05) is 6.54 Å². The number of rotatable bonds is 8. The molecule has 1 aliphatic rings. The largest absolute Gasteiger partial charge is 0.481 e. The van der Waals surface area contributed by atoms with Crippen LogP contribution in [0, 0.1) is 0 Å². The van der Waals surface area contributed by atoms with Crippen molar-refractivity contribution in [3.63, 3.8) is 0 Å². The molecule has 1 saturated carbocycles. The Morgan fingerprint density at radius 2 is 1.89 bits per heavy atom. The molecule has 7 nitrogen and oxygen atoms in total. The van der Waals surface area contributed by atoms with E-state index in [9.17, 15) is 14.4 Å². The van der Waals surface area contributed by atoms with Gasteiger partial charge in [0.05, 0.1) is 12.0 Å². The summed E-state index contributed by atoms with van der Waals surface area (Å²) in [5, 5.41) is 14.2. The molecule has 108 valence electrons. The van der Waals surface area contributed by atoms with Gasteiger partial charge in [-0.1, -0.05) is 0 Å². The normalized spacial score (nSPS) is 16.2. The highest BCUT2D eigenvalue weighted by Gasteiger charge is 2.40. The minimum Gasteiger partial charge on any atom is -0.481 e. The van der Waals surface area contributed by atoms with E-state index in [1.807, 2.05) is 0 Å². The number of carbonyl (C=O) groups is 3. The molecule has 1 rings (SSSR count). The molecule has 0 heterocycles. The van der Waals surface area contributed by atoms with Crippen LogP contribution in [0.3, 0.4) is 0 Å². The van der Waals surface area contributed by atoms with Crippen LogP contribution in [0.15, 0.2) is 0 Å². The summed E-state index contributed by atoms with van der Waals surface area (Å²) < 4.78 is 0. The lowest BCUT2D eigenvalue weighted by Gasteiger charge is -2.41. The first kappa shape index (κ1) is 15.3. The number of nitrogens with one attached hydrogen (secondary N) is 2. The highest BCUT2D eigenvalue weighted by Crippen LogP contribution is 2.34. The number of primary amides is 1. The fraction of sp³-hybridized carbons (Fsp3) is 0.750. The van der Waals surface area contributed by atoms with Crippen molar-refractivity contribution < 1.29 is 19.5 Å². The molecule has 3 amide bonds. The van der Waals surface area contributed by atoms with E-state index in [1.54, 1.807) is 0 Å². The summed E-state index contributed by atoms with van der Waals surface area (Å²) in [5.41, 5.74) is 4.42. The van der Waals surface area contributed by atoms with Crippen molar-refractivity contribution in [2.24, 2.45) is 5.73 Å². The van der Waals surface area contributed by atoms with Gasteiger partial charge in [-0.15, -0.1) is 0 Å². The monoisotopic (exact) mass is 271 g/mol. The molecule has 0 aromatic heterocycles. The zero-order valence-corrected chi connectivity index (χ0v) is 10.9. The molecule has 7 heteroatoms. The Kier molecular flexibility index (Phi) is 5.59. The number of urea groups is 1. The van der Waals surface area contributed by atoms with Crippen LogP contribution in [-0.4, -0.2) is 35.1 Å². The smallest absolute Gasteiger partial charge is 0.315 e. The van der Waals surface area contributed by atoms with E-state index in [0.29, 0.717) is 38.6 Å². The van der Waals surface area contributed by atoms with E-state index in [-0.39, 0.29) is 18.4 Å². The second-order valence-electron chi connectivity index (χ2n) is 5.01. The van der Waals surface area contributed by atoms with Crippen LogP contribution in [0.2, 0.25) is 0 Å². The second kappa shape index (κ2) is 6.96. The Hall–Kier alpha value is -1.79. The standard InChI is InChI=1S/C12H21N3O4/c13-9(16)4-1-2-7-14-11(19)15-12(5-3-6-12)8-10(17)18/h1-8H2,(H2,13,16)(H,17,18)(H2,14,15,19). The number of aliphatic carboxylic acids is 1. The van der Waals surface area contributed by atoms with Crippen molar-refractivity contribution in [3.8, 4) is 0 Å². The first-order valence-corrected chi connectivity index (χ1v) is 6.50. The summed E-state index contributed by atoms with van der Waals surface area (Å²) in [5.74, 6) is -1.25. The number of carboxylic acid groups (broad SMARTS) is 1. The maximum Gasteiger partial charge on any atom is 0.315 e. The topological polar surface area (TPSA) is 122 Å². The van der Waals surface area contributed by atoms with Crippen LogP contribution in [0.5, 0.6) is 0 Å². The van der Waals surface area contributed by atoms with Crippen molar-refractivity contribution in [1.29, 1.82) is 0 Å². The summed E-state index contributed by atoms with van der Waals surface area (Å²) in [4.78, 5) is 32.9. The number of nitrogens with two attached hydrogens (primary N) is 1. The van der Waals surface area contributed by atoms with Gasteiger partial charge >= 0.3 is 12.0 Å². The average molecular weight is 271 g/mol. The molecular formula is C12H21N3O4. The number of amides is 3. The van der Waals surface area contributed by atoms with Crippen LogP contribution < -0.4 is 16.4 Å². The van der Waals surface area contributed by atoms with Gasteiger partial charge in [0.2, 0.25) is 5.91 Å². The molecule has 0 radical (unpaired) electrons. The Bertz CT molecular complexity index is 353. The third-order valence-corrected chi connectivity index (χ3v) is 3.31. The SMILES string of the molecule is NC(=O)CCCCNC(=O)NC1(CC(=O)O)CCC1. The fourth-order valence-electron chi connectivity index (χ4n) is 2.15.